The summed E-state index contributed by atoms with van der Waals surface area (Å²) in [5, 5.41) is 10.2. The van der Waals surface area contributed by atoms with Crippen molar-refractivity contribution in [2.24, 2.45) is 0 Å². The number of phenolic OH excluding ortho intramolecular Hbond substituents is 1. The van der Waals surface area contributed by atoms with Gasteiger partial charge >= 0.3 is 6.36 Å². The Hall–Kier alpha value is -1.91. The van der Waals surface area contributed by atoms with Crippen LogP contribution in [0.3, 0.4) is 0 Å². The maximum atomic E-state index is 12.2. The van der Waals surface area contributed by atoms with E-state index < -0.39 is 6.36 Å². The van der Waals surface area contributed by atoms with E-state index in [1.807, 2.05) is 13.8 Å². The van der Waals surface area contributed by atoms with Crippen molar-refractivity contribution in [2.75, 3.05) is 0 Å². The van der Waals surface area contributed by atoms with Gasteiger partial charge in [0.25, 0.3) is 0 Å². The maximum absolute atomic E-state index is 12.2. The lowest BCUT2D eigenvalue weighted by molar-refractivity contribution is -0.274. The van der Waals surface area contributed by atoms with Crippen LogP contribution in [-0.2, 0) is 0 Å². The summed E-state index contributed by atoms with van der Waals surface area (Å²) in [6.07, 6.45) is -4.72. The van der Waals surface area contributed by atoms with Gasteiger partial charge < -0.3 is 9.84 Å². The minimum absolute atomic E-state index is 0.0131. The molecular formula is C14H15F3O2. The SMILES string of the molecule is CC.Cc1cc(O)cc2cccc(OC(F)(F)F)c12. The second-order valence-electron chi connectivity index (χ2n) is 3.66. The average Bonchev–Trinajstić information content (AvgIpc) is 2.28. The molecule has 0 aliphatic carbocycles. The maximum Gasteiger partial charge on any atom is 0.573 e. The Morgan fingerprint density at radius 2 is 1.74 bits per heavy atom. The normalized spacial score (nSPS) is 10.8. The van der Waals surface area contributed by atoms with Crippen LogP contribution in [0.5, 0.6) is 11.5 Å². The highest BCUT2D eigenvalue weighted by Crippen LogP contribution is 2.34. The molecule has 0 aliphatic heterocycles. The van der Waals surface area contributed by atoms with E-state index in [0.717, 1.165) is 0 Å². The monoisotopic (exact) mass is 272 g/mol. The second kappa shape index (κ2) is 5.82. The predicted octanol–water partition coefficient (Wildman–Crippen LogP) is 4.78. The molecule has 0 saturated heterocycles. The standard InChI is InChI=1S/C12H9F3O2.C2H6/c1-7-5-9(16)6-8-3-2-4-10(11(7)8)17-12(13,14)15;1-2/h2-6,16H,1H3;1-2H3. The fourth-order valence-electron chi connectivity index (χ4n) is 1.80. The lowest BCUT2D eigenvalue weighted by Gasteiger charge is -2.13. The fourth-order valence-corrected chi connectivity index (χ4v) is 1.80. The molecule has 0 unspecified atom stereocenters. The third kappa shape index (κ3) is 3.77. The van der Waals surface area contributed by atoms with Crippen molar-refractivity contribution in [2.45, 2.75) is 27.1 Å². The summed E-state index contributed by atoms with van der Waals surface area (Å²) in [6, 6.07) is 7.10. The number of phenols is 1. The lowest BCUT2D eigenvalue weighted by atomic mass is 10.0. The summed E-state index contributed by atoms with van der Waals surface area (Å²) in [5.74, 6) is -0.244. The van der Waals surface area contributed by atoms with Crippen LogP contribution in [0.1, 0.15) is 19.4 Å². The number of alkyl halides is 3. The summed E-state index contributed by atoms with van der Waals surface area (Å²) in [7, 11) is 0. The van der Waals surface area contributed by atoms with Crippen molar-refractivity contribution in [1.29, 1.82) is 0 Å². The van der Waals surface area contributed by atoms with Crippen molar-refractivity contribution in [3.05, 3.63) is 35.9 Å². The van der Waals surface area contributed by atoms with Gasteiger partial charge in [0.2, 0.25) is 0 Å². The first-order valence-electron chi connectivity index (χ1n) is 5.85. The Labute approximate surface area is 109 Å². The number of hydrogen-bond acceptors (Lipinski definition) is 2. The van der Waals surface area contributed by atoms with Crippen LogP contribution in [0.15, 0.2) is 30.3 Å². The van der Waals surface area contributed by atoms with Crippen LogP contribution < -0.4 is 4.74 Å². The molecule has 2 aromatic rings. The van der Waals surface area contributed by atoms with Gasteiger partial charge in [0, 0.05) is 5.39 Å². The number of rotatable bonds is 1. The Balaban J connectivity index is 0.000000861. The minimum Gasteiger partial charge on any atom is -0.508 e. The number of hydrogen-bond donors (Lipinski definition) is 1. The Morgan fingerprint density at radius 3 is 2.32 bits per heavy atom. The van der Waals surface area contributed by atoms with E-state index in [2.05, 4.69) is 4.74 Å². The highest BCUT2D eigenvalue weighted by atomic mass is 19.4. The smallest absolute Gasteiger partial charge is 0.508 e. The molecule has 104 valence electrons. The molecule has 0 saturated carbocycles. The predicted molar refractivity (Wildman–Crippen MR) is 68.4 cm³/mol. The first-order valence-corrected chi connectivity index (χ1v) is 5.85. The van der Waals surface area contributed by atoms with E-state index in [4.69, 9.17) is 0 Å². The van der Waals surface area contributed by atoms with Gasteiger partial charge in [0.1, 0.15) is 11.5 Å². The molecule has 0 spiro atoms. The van der Waals surface area contributed by atoms with Crippen molar-refractivity contribution in [1.82, 2.24) is 0 Å². The van der Waals surface area contributed by atoms with Crippen LogP contribution in [-0.4, -0.2) is 11.5 Å². The minimum atomic E-state index is -4.72. The van der Waals surface area contributed by atoms with Crippen LogP contribution in [0.2, 0.25) is 0 Å². The fraction of sp³-hybridized carbons (Fsp3) is 0.286. The number of aryl methyl sites for hydroxylation is 1. The van der Waals surface area contributed by atoms with Gasteiger partial charge in [0.15, 0.2) is 0 Å². The van der Waals surface area contributed by atoms with Gasteiger partial charge in [-0.3, -0.25) is 0 Å². The van der Waals surface area contributed by atoms with Crippen LogP contribution >= 0.6 is 0 Å². The Kier molecular flexibility index (Phi) is 4.64. The van der Waals surface area contributed by atoms with Gasteiger partial charge in [-0.25, -0.2) is 0 Å². The number of aromatic hydroxyl groups is 1. The van der Waals surface area contributed by atoms with Crippen LogP contribution in [0.4, 0.5) is 13.2 Å². The molecule has 0 atom stereocenters. The van der Waals surface area contributed by atoms with Gasteiger partial charge in [-0.2, -0.15) is 0 Å². The summed E-state index contributed by atoms with van der Waals surface area (Å²) in [4.78, 5) is 0. The van der Waals surface area contributed by atoms with Gasteiger partial charge in [0.05, 0.1) is 0 Å². The van der Waals surface area contributed by atoms with Crippen molar-refractivity contribution in [3.63, 3.8) is 0 Å². The third-order valence-corrected chi connectivity index (χ3v) is 2.35. The molecular weight excluding hydrogens is 257 g/mol. The summed E-state index contributed by atoms with van der Waals surface area (Å²) < 4.78 is 40.6. The van der Waals surface area contributed by atoms with Gasteiger partial charge in [-0.1, -0.05) is 26.0 Å². The quantitative estimate of drug-likeness (QED) is 0.809. The van der Waals surface area contributed by atoms with Gasteiger partial charge in [-0.15, -0.1) is 13.2 Å². The molecule has 0 heterocycles. The number of benzene rings is 2. The first kappa shape index (κ1) is 15.1. The highest BCUT2D eigenvalue weighted by molar-refractivity contribution is 5.92. The van der Waals surface area contributed by atoms with E-state index in [9.17, 15) is 18.3 Å². The van der Waals surface area contributed by atoms with Crippen molar-refractivity contribution in [3.8, 4) is 11.5 Å². The lowest BCUT2D eigenvalue weighted by Crippen LogP contribution is -2.17. The molecule has 2 nitrogen and oxygen atoms in total. The largest absolute Gasteiger partial charge is 0.573 e. The highest BCUT2D eigenvalue weighted by Gasteiger charge is 2.31. The molecule has 0 amide bonds. The van der Waals surface area contributed by atoms with Crippen molar-refractivity contribution >= 4 is 10.8 Å². The summed E-state index contributed by atoms with van der Waals surface area (Å²) in [6.45, 7) is 5.62. The molecule has 0 radical (unpaired) electrons. The zero-order chi connectivity index (χ0) is 14.6. The van der Waals surface area contributed by atoms with Crippen LogP contribution in [0, 0.1) is 6.92 Å². The average molecular weight is 272 g/mol. The molecule has 5 heteroatoms. The molecule has 2 rings (SSSR count). The molecule has 2 aromatic carbocycles. The summed E-state index contributed by atoms with van der Waals surface area (Å²) in [5.41, 5.74) is 0.528. The molecule has 0 aliphatic rings. The third-order valence-electron chi connectivity index (χ3n) is 2.35. The van der Waals surface area contributed by atoms with E-state index >= 15 is 0 Å². The molecule has 0 bridgehead atoms. The Morgan fingerprint density at radius 1 is 1.11 bits per heavy atom. The zero-order valence-corrected chi connectivity index (χ0v) is 10.9. The topological polar surface area (TPSA) is 29.5 Å². The molecule has 1 N–H and O–H groups in total. The number of fused-ring (bicyclic) bond motifs is 1. The zero-order valence-electron chi connectivity index (χ0n) is 10.9. The number of ether oxygens (including phenoxy) is 1. The molecule has 19 heavy (non-hydrogen) atoms. The van der Waals surface area contributed by atoms with E-state index in [0.29, 0.717) is 16.3 Å². The molecule has 0 aromatic heterocycles. The van der Waals surface area contributed by atoms with Crippen molar-refractivity contribution < 1.29 is 23.0 Å². The Bertz CT molecular complexity index is 562. The van der Waals surface area contributed by atoms with E-state index in [1.165, 1.54) is 24.3 Å². The van der Waals surface area contributed by atoms with Crippen LogP contribution in [0.25, 0.3) is 10.8 Å². The van der Waals surface area contributed by atoms with E-state index in [-0.39, 0.29) is 11.5 Å². The second-order valence-corrected chi connectivity index (χ2v) is 3.66. The van der Waals surface area contributed by atoms with Gasteiger partial charge in [-0.05, 0) is 36.1 Å². The molecule has 0 fully saturated rings. The van der Waals surface area contributed by atoms with E-state index in [1.54, 1.807) is 13.0 Å². The summed E-state index contributed by atoms with van der Waals surface area (Å²) >= 11 is 0. The first-order chi connectivity index (χ1) is 8.87. The number of halogens is 3.